The zero-order valence-corrected chi connectivity index (χ0v) is 9.56. The van der Waals surface area contributed by atoms with Gasteiger partial charge in [-0.15, -0.1) is 0 Å². The van der Waals surface area contributed by atoms with Crippen LogP contribution in [0.25, 0.3) is 0 Å². The summed E-state index contributed by atoms with van der Waals surface area (Å²) in [7, 11) is 0. The third kappa shape index (κ3) is 2.45. The molecule has 0 amide bonds. The maximum atomic E-state index is 13.6. The van der Waals surface area contributed by atoms with Crippen molar-refractivity contribution in [2.24, 2.45) is 5.73 Å². The molecule has 2 N–H and O–H groups in total. The van der Waals surface area contributed by atoms with Gasteiger partial charge in [-0.05, 0) is 13.0 Å². The molecule has 5 heteroatoms. The Balaban J connectivity index is 2.28. The van der Waals surface area contributed by atoms with Crippen molar-refractivity contribution in [3.63, 3.8) is 0 Å². The molecule has 0 saturated carbocycles. The molecule has 0 bridgehead atoms. The molecule has 2 aromatic rings. The smallest absolute Gasteiger partial charge is 0.167 e. The zero-order chi connectivity index (χ0) is 12.3. The van der Waals surface area contributed by atoms with E-state index in [2.05, 4.69) is 5.10 Å². The number of halogens is 1. The van der Waals surface area contributed by atoms with Gasteiger partial charge in [-0.25, -0.2) is 4.39 Å². The fourth-order valence-corrected chi connectivity index (χ4v) is 1.52. The molecule has 0 spiro atoms. The average Bonchev–Trinajstić information content (AvgIpc) is 2.79. The van der Waals surface area contributed by atoms with Gasteiger partial charge in [0.15, 0.2) is 17.3 Å². The molecule has 0 aliphatic rings. The van der Waals surface area contributed by atoms with E-state index in [1.807, 2.05) is 6.92 Å². The molecular weight excluding hydrogens is 221 g/mol. The van der Waals surface area contributed by atoms with Gasteiger partial charge in [0.05, 0.1) is 12.4 Å². The molecule has 0 aliphatic heterocycles. The number of para-hydroxylation sites is 1. The minimum Gasteiger partial charge on any atom is -0.451 e. The Labute approximate surface area is 98.8 Å². The first-order chi connectivity index (χ1) is 8.24. The van der Waals surface area contributed by atoms with Gasteiger partial charge < -0.3 is 10.5 Å². The van der Waals surface area contributed by atoms with Crippen LogP contribution in [0.4, 0.5) is 4.39 Å². The lowest BCUT2D eigenvalue weighted by molar-refractivity contribution is 0.435. The lowest BCUT2D eigenvalue weighted by Crippen LogP contribution is -2.01. The van der Waals surface area contributed by atoms with Gasteiger partial charge in [0, 0.05) is 18.7 Å². The Hall–Kier alpha value is -1.88. The van der Waals surface area contributed by atoms with Crippen molar-refractivity contribution in [2.75, 3.05) is 0 Å². The molecule has 90 valence electrons. The Morgan fingerprint density at radius 3 is 2.94 bits per heavy atom. The summed E-state index contributed by atoms with van der Waals surface area (Å²) < 4.78 is 20.8. The fraction of sp³-hybridized carbons (Fsp3) is 0.250. The van der Waals surface area contributed by atoms with E-state index in [0.717, 1.165) is 6.54 Å². The molecule has 0 radical (unpaired) electrons. The van der Waals surface area contributed by atoms with Crippen LogP contribution in [0.5, 0.6) is 11.5 Å². The topological polar surface area (TPSA) is 53.1 Å². The van der Waals surface area contributed by atoms with E-state index in [0.29, 0.717) is 11.3 Å². The molecule has 0 aliphatic carbocycles. The summed E-state index contributed by atoms with van der Waals surface area (Å²) in [5.41, 5.74) is 6.17. The van der Waals surface area contributed by atoms with Gasteiger partial charge in [0.25, 0.3) is 0 Å². The molecule has 2 rings (SSSR count). The van der Waals surface area contributed by atoms with Gasteiger partial charge in [-0.2, -0.15) is 5.10 Å². The van der Waals surface area contributed by atoms with E-state index in [1.165, 1.54) is 6.07 Å². The molecule has 17 heavy (non-hydrogen) atoms. The first kappa shape index (κ1) is 11.6. The van der Waals surface area contributed by atoms with Crippen LogP contribution in [0, 0.1) is 5.82 Å². The molecule has 0 saturated heterocycles. The highest BCUT2D eigenvalue weighted by molar-refractivity contribution is 5.37. The van der Waals surface area contributed by atoms with Crippen LogP contribution >= 0.6 is 0 Å². The van der Waals surface area contributed by atoms with E-state index >= 15 is 0 Å². The molecule has 0 unspecified atom stereocenters. The number of benzene rings is 1. The molecule has 4 nitrogen and oxygen atoms in total. The quantitative estimate of drug-likeness (QED) is 0.884. The monoisotopic (exact) mass is 235 g/mol. The minimum atomic E-state index is -0.419. The van der Waals surface area contributed by atoms with Gasteiger partial charge in [0.2, 0.25) is 0 Å². The van der Waals surface area contributed by atoms with Crippen LogP contribution < -0.4 is 10.5 Å². The number of rotatable bonds is 4. The van der Waals surface area contributed by atoms with Crippen molar-refractivity contribution in [1.82, 2.24) is 9.78 Å². The van der Waals surface area contributed by atoms with Crippen LogP contribution in [0.2, 0.25) is 0 Å². The number of ether oxygens (including phenoxy) is 1. The molecule has 1 aromatic carbocycles. The first-order valence-electron chi connectivity index (χ1n) is 5.42. The molecular formula is C12H14FN3O. The predicted molar refractivity (Wildman–Crippen MR) is 62.3 cm³/mol. The number of aryl methyl sites for hydroxylation is 1. The fourth-order valence-electron chi connectivity index (χ4n) is 1.52. The van der Waals surface area contributed by atoms with Gasteiger partial charge in [0.1, 0.15) is 0 Å². The SMILES string of the molecule is CCn1cc(Oc2c(F)cccc2CN)cn1. The Kier molecular flexibility index (Phi) is 3.39. The molecule has 0 fully saturated rings. The Bertz CT molecular complexity index is 510. The minimum absolute atomic E-state index is 0.172. The second kappa shape index (κ2) is 4.97. The molecule has 0 atom stereocenters. The van der Waals surface area contributed by atoms with Crippen LogP contribution in [0.3, 0.4) is 0 Å². The standard InChI is InChI=1S/C12H14FN3O/c1-2-16-8-10(7-15-16)17-12-9(6-14)4-3-5-11(12)13/h3-5,7-8H,2,6,14H2,1H3. The van der Waals surface area contributed by atoms with E-state index in [9.17, 15) is 4.39 Å². The predicted octanol–water partition coefficient (Wildman–Crippen LogP) is 2.29. The summed E-state index contributed by atoms with van der Waals surface area (Å²) in [6.45, 7) is 2.94. The average molecular weight is 235 g/mol. The Morgan fingerprint density at radius 1 is 1.47 bits per heavy atom. The highest BCUT2D eigenvalue weighted by Crippen LogP contribution is 2.27. The zero-order valence-electron chi connectivity index (χ0n) is 9.56. The van der Waals surface area contributed by atoms with Gasteiger partial charge in [-0.1, -0.05) is 12.1 Å². The largest absolute Gasteiger partial charge is 0.451 e. The highest BCUT2D eigenvalue weighted by atomic mass is 19.1. The summed E-state index contributed by atoms with van der Waals surface area (Å²) >= 11 is 0. The van der Waals surface area contributed by atoms with Crippen molar-refractivity contribution >= 4 is 0 Å². The maximum absolute atomic E-state index is 13.6. The van der Waals surface area contributed by atoms with E-state index in [4.69, 9.17) is 10.5 Å². The lowest BCUT2D eigenvalue weighted by atomic mass is 10.2. The van der Waals surface area contributed by atoms with E-state index in [-0.39, 0.29) is 12.3 Å². The summed E-state index contributed by atoms with van der Waals surface area (Å²) in [6.07, 6.45) is 3.27. The number of hydrogen-bond acceptors (Lipinski definition) is 3. The third-order valence-corrected chi connectivity index (χ3v) is 2.42. The van der Waals surface area contributed by atoms with Crippen LogP contribution in [0.15, 0.2) is 30.6 Å². The van der Waals surface area contributed by atoms with Gasteiger partial charge >= 0.3 is 0 Å². The summed E-state index contributed by atoms with van der Waals surface area (Å²) in [5.74, 6) is 0.259. The number of nitrogens with two attached hydrogens (primary N) is 1. The third-order valence-electron chi connectivity index (χ3n) is 2.42. The number of hydrogen-bond donors (Lipinski definition) is 1. The van der Waals surface area contributed by atoms with Crippen molar-refractivity contribution in [3.05, 3.63) is 42.0 Å². The normalized spacial score (nSPS) is 10.5. The van der Waals surface area contributed by atoms with Crippen molar-refractivity contribution in [2.45, 2.75) is 20.0 Å². The summed E-state index contributed by atoms with van der Waals surface area (Å²) in [5, 5.41) is 4.05. The Morgan fingerprint density at radius 2 is 2.29 bits per heavy atom. The van der Waals surface area contributed by atoms with Crippen LogP contribution in [-0.2, 0) is 13.1 Å². The van der Waals surface area contributed by atoms with Crippen LogP contribution in [0.1, 0.15) is 12.5 Å². The second-order valence-electron chi connectivity index (χ2n) is 3.57. The van der Waals surface area contributed by atoms with Crippen molar-refractivity contribution in [3.8, 4) is 11.5 Å². The molecule has 1 heterocycles. The lowest BCUT2D eigenvalue weighted by Gasteiger charge is -2.08. The van der Waals surface area contributed by atoms with Crippen molar-refractivity contribution in [1.29, 1.82) is 0 Å². The van der Waals surface area contributed by atoms with Gasteiger partial charge in [-0.3, -0.25) is 4.68 Å². The first-order valence-corrected chi connectivity index (χ1v) is 5.42. The van der Waals surface area contributed by atoms with E-state index in [1.54, 1.807) is 29.2 Å². The number of aromatic nitrogens is 2. The summed E-state index contributed by atoms with van der Waals surface area (Å²) in [4.78, 5) is 0. The molecule has 1 aromatic heterocycles. The second-order valence-corrected chi connectivity index (χ2v) is 3.57. The number of nitrogens with zero attached hydrogens (tertiary/aromatic N) is 2. The van der Waals surface area contributed by atoms with E-state index < -0.39 is 5.82 Å². The maximum Gasteiger partial charge on any atom is 0.167 e. The van der Waals surface area contributed by atoms with Crippen molar-refractivity contribution < 1.29 is 9.13 Å². The summed E-state index contributed by atoms with van der Waals surface area (Å²) in [6, 6.07) is 4.70. The highest BCUT2D eigenvalue weighted by Gasteiger charge is 2.10. The van der Waals surface area contributed by atoms with Crippen LogP contribution in [-0.4, -0.2) is 9.78 Å².